The molecule has 0 aromatic carbocycles. The molecule has 1 amide bonds. The Morgan fingerprint density at radius 1 is 1.16 bits per heavy atom. The highest BCUT2D eigenvalue weighted by Crippen LogP contribution is 2.44. The van der Waals surface area contributed by atoms with E-state index in [1.807, 2.05) is 20.8 Å². The van der Waals surface area contributed by atoms with Crippen LogP contribution in [0.3, 0.4) is 0 Å². The molecule has 2 fully saturated rings. The predicted molar refractivity (Wildman–Crippen MR) is 141 cm³/mol. The van der Waals surface area contributed by atoms with E-state index in [1.54, 1.807) is 33.9 Å². The molecule has 4 heterocycles. The molecule has 37 heavy (non-hydrogen) atoms. The van der Waals surface area contributed by atoms with Crippen molar-refractivity contribution in [2.24, 2.45) is 0 Å². The topological polar surface area (TPSA) is 107 Å². The maximum atomic E-state index is 12.5. The molecule has 3 aromatic rings. The molecule has 3 aromatic heterocycles. The van der Waals surface area contributed by atoms with Gasteiger partial charge in [0.2, 0.25) is 5.95 Å². The third kappa shape index (κ3) is 6.19. The summed E-state index contributed by atoms with van der Waals surface area (Å²) in [7, 11) is 17.0. The standard InChI is InChI=1S/C24H28B3N7O3/c1-23(2,3)37-22(35)33-10-4-5-15(13-33)30-21-28-9-8-16(31-21)17-12-29-19-11-18(36-24(25,26)27)20(14-6-7-14)32-34(17)19/h8-9,11-12,14-15H,4-7,10,13H2,1-3H3,(H,28,30,31). The number of carbonyl (C=O) groups excluding carboxylic acids is 1. The fourth-order valence-electron chi connectivity index (χ4n) is 4.34. The SMILES string of the molecule is [B]C([B])([B])Oc1cc2ncc(-c3ccnc(NC4CCCN(C(=O)OC(C)(C)C)C4)n3)n2nc1C1CC1. The number of likely N-dealkylation sites (tertiary alicyclic amines) is 1. The number of aromatic nitrogens is 5. The summed E-state index contributed by atoms with van der Waals surface area (Å²) in [6, 6.07) is 3.54. The number of hydrogen-bond donors (Lipinski definition) is 1. The fourth-order valence-corrected chi connectivity index (χ4v) is 4.34. The molecule has 1 saturated heterocycles. The van der Waals surface area contributed by atoms with E-state index in [0.717, 1.165) is 31.4 Å². The number of amides is 1. The number of carbonyl (C=O) groups is 1. The van der Waals surface area contributed by atoms with Crippen LogP contribution < -0.4 is 10.1 Å². The second kappa shape index (κ2) is 9.57. The number of rotatable bonds is 6. The first kappa shape index (κ1) is 25.4. The lowest BCUT2D eigenvalue weighted by atomic mass is 9.52. The van der Waals surface area contributed by atoms with E-state index in [9.17, 15) is 4.79 Å². The van der Waals surface area contributed by atoms with E-state index < -0.39 is 10.9 Å². The molecule has 6 radical (unpaired) electrons. The number of nitrogens with zero attached hydrogens (tertiary/aromatic N) is 6. The van der Waals surface area contributed by atoms with Crippen molar-refractivity contribution in [1.82, 2.24) is 29.5 Å². The van der Waals surface area contributed by atoms with Gasteiger partial charge in [-0.05, 0) is 57.8 Å². The molecule has 5 rings (SSSR count). The molecular formula is C24H28B3N7O3. The van der Waals surface area contributed by atoms with Crippen LogP contribution in [0.2, 0.25) is 0 Å². The van der Waals surface area contributed by atoms with E-state index in [2.05, 4.69) is 15.3 Å². The van der Waals surface area contributed by atoms with E-state index in [1.165, 1.54) is 0 Å². The molecule has 1 saturated carbocycles. The quantitative estimate of drug-likeness (QED) is 0.520. The first-order valence-corrected chi connectivity index (χ1v) is 12.5. The summed E-state index contributed by atoms with van der Waals surface area (Å²) in [6.07, 6.45) is 6.81. The summed E-state index contributed by atoms with van der Waals surface area (Å²) in [5.41, 5.74) is 2.10. The van der Waals surface area contributed by atoms with Gasteiger partial charge in [0.05, 0.1) is 11.9 Å². The second-order valence-corrected chi connectivity index (χ2v) is 10.7. The number of nitrogens with one attached hydrogen (secondary N) is 1. The lowest BCUT2D eigenvalue weighted by Crippen LogP contribution is -2.47. The van der Waals surface area contributed by atoms with Gasteiger partial charge >= 0.3 is 6.09 Å². The van der Waals surface area contributed by atoms with Crippen molar-refractivity contribution in [3.8, 4) is 17.1 Å². The molecule has 13 heteroatoms. The predicted octanol–water partition coefficient (Wildman–Crippen LogP) is 2.37. The van der Waals surface area contributed by atoms with Gasteiger partial charge in [-0.2, -0.15) is 5.10 Å². The van der Waals surface area contributed by atoms with Gasteiger partial charge in [-0.1, -0.05) is 0 Å². The molecule has 1 atom stereocenters. The van der Waals surface area contributed by atoms with Crippen LogP contribution in [0.1, 0.15) is 58.1 Å². The third-order valence-electron chi connectivity index (χ3n) is 6.06. The molecule has 1 aliphatic heterocycles. The maximum Gasteiger partial charge on any atom is 0.410 e. The van der Waals surface area contributed by atoms with Gasteiger partial charge in [-0.15, -0.1) is 0 Å². The van der Waals surface area contributed by atoms with Crippen molar-refractivity contribution in [3.05, 3.63) is 30.2 Å². The molecule has 0 spiro atoms. The van der Waals surface area contributed by atoms with Crippen LogP contribution in [0.15, 0.2) is 24.5 Å². The first-order valence-electron chi connectivity index (χ1n) is 12.5. The zero-order valence-electron chi connectivity index (χ0n) is 21.3. The van der Waals surface area contributed by atoms with Crippen LogP contribution >= 0.6 is 0 Å². The van der Waals surface area contributed by atoms with Crippen molar-refractivity contribution in [2.75, 3.05) is 18.4 Å². The van der Waals surface area contributed by atoms with Crippen LogP contribution in [-0.2, 0) is 4.74 Å². The highest BCUT2D eigenvalue weighted by Gasteiger charge is 2.31. The average Bonchev–Trinajstić information content (AvgIpc) is 3.56. The lowest BCUT2D eigenvalue weighted by Gasteiger charge is -2.34. The Labute approximate surface area is 220 Å². The Bertz CT molecular complexity index is 1300. The number of piperidine rings is 1. The normalized spacial score (nSPS) is 18.6. The molecule has 1 aliphatic carbocycles. The van der Waals surface area contributed by atoms with Crippen molar-refractivity contribution >= 4 is 41.2 Å². The van der Waals surface area contributed by atoms with Crippen LogP contribution in [-0.4, -0.2) is 89.1 Å². The Morgan fingerprint density at radius 2 is 1.95 bits per heavy atom. The van der Waals surface area contributed by atoms with Crippen molar-refractivity contribution in [3.63, 3.8) is 0 Å². The van der Waals surface area contributed by atoms with Gasteiger partial charge in [-0.25, -0.2) is 24.3 Å². The van der Waals surface area contributed by atoms with Gasteiger partial charge in [0.1, 0.15) is 46.3 Å². The number of fused-ring (bicyclic) bond motifs is 1. The Morgan fingerprint density at radius 3 is 2.65 bits per heavy atom. The summed E-state index contributed by atoms with van der Waals surface area (Å²) in [5, 5.41) is 6.34. The molecule has 2 aliphatic rings. The van der Waals surface area contributed by atoms with Crippen molar-refractivity contribution in [1.29, 1.82) is 0 Å². The largest absolute Gasteiger partial charge is 0.514 e. The zero-order valence-corrected chi connectivity index (χ0v) is 21.3. The van der Waals surface area contributed by atoms with Crippen LogP contribution in [0.5, 0.6) is 5.75 Å². The van der Waals surface area contributed by atoms with Crippen LogP contribution in [0.25, 0.3) is 17.0 Å². The van der Waals surface area contributed by atoms with E-state index >= 15 is 0 Å². The summed E-state index contributed by atoms with van der Waals surface area (Å²) < 4.78 is 12.8. The first-order chi connectivity index (χ1) is 17.4. The Kier molecular flexibility index (Phi) is 6.58. The van der Waals surface area contributed by atoms with Gasteiger partial charge < -0.3 is 19.7 Å². The smallest absolute Gasteiger partial charge is 0.410 e. The molecule has 1 unspecified atom stereocenters. The number of ether oxygens (including phenoxy) is 2. The summed E-state index contributed by atoms with van der Waals surface area (Å²) in [4.78, 5) is 27.8. The van der Waals surface area contributed by atoms with E-state index in [4.69, 9.17) is 43.1 Å². The minimum absolute atomic E-state index is 0.00191. The second-order valence-electron chi connectivity index (χ2n) is 10.7. The molecule has 0 bridgehead atoms. The average molecular weight is 495 g/mol. The minimum atomic E-state index is -1.81. The van der Waals surface area contributed by atoms with Crippen molar-refractivity contribution < 1.29 is 14.3 Å². The maximum absolute atomic E-state index is 12.5. The zero-order chi connectivity index (χ0) is 26.4. The Balaban J connectivity index is 1.36. The van der Waals surface area contributed by atoms with E-state index in [0.29, 0.717) is 41.8 Å². The molecule has 1 N–H and O–H groups in total. The fraction of sp³-hybridized carbons (Fsp3) is 0.542. The highest BCUT2D eigenvalue weighted by molar-refractivity contribution is 6.58. The van der Waals surface area contributed by atoms with Gasteiger partial charge in [0.25, 0.3) is 0 Å². The van der Waals surface area contributed by atoms with Crippen molar-refractivity contribution in [2.45, 2.75) is 69.3 Å². The number of hydrogen-bond acceptors (Lipinski definition) is 8. The Hall–Kier alpha value is -3.24. The van der Waals surface area contributed by atoms with E-state index in [-0.39, 0.29) is 18.1 Å². The summed E-state index contributed by atoms with van der Waals surface area (Å²) in [6.45, 7) is 6.76. The van der Waals surface area contributed by atoms with Crippen LogP contribution in [0, 0.1) is 0 Å². The third-order valence-corrected chi connectivity index (χ3v) is 6.06. The number of anilines is 1. The lowest BCUT2D eigenvalue weighted by molar-refractivity contribution is 0.0206. The van der Waals surface area contributed by atoms with Gasteiger partial charge in [0.15, 0.2) is 5.65 Å². The van der Waals surface area contributed by atoms with Gasteiger partial charge in [0, 0.05) is 37.3 Å². The summed E-state index contributed by atoms with van der Waals surface area (Å²) >= 11 is 0. The van der Waals surface area contributed by atoms with Gasteiger partial charge in [-0.3, -0.25) is 0 Å². The molecular weight excluding hydrogens is 467 g/mol. The van der Waals surface area contributed by atoms with Crippen LogP contribution in [0.4, 0.5) is 10.7 Å². The highest BCUT2D eigenvalue weighted by atomic mass is 16.6. The number of imidazole rings is 1. The minimum Gasteiger partial charge on any atom is -0.514 e. The molecule has 10 nitrogen and oxygen atoms in total. The molecule has 186 valence electrons. The summed E-state index contributed by atoms with van der Waals surface area (Å²) in [5.74, 6) is 1.14. The monoisotopic (exact) mass is 495 g/mol.